The lowest BCUT2D eigenvalue weighted by molar-refractivity contribution is 0.215. The molecule has 1 atom stereocenters. The van der Waals surface area contributed by atoms with Crippen LogP contribution in [0.15, 0.2) is 30.3 Å². The van der Waals surface area contributed by atoms with E-state index < -0.39 is 6.10 Å². The number of hydrogen-bond donors (Lipinski definition) is 1. The molecule has 0 spiro atoms. The number of benzene rings is 1. The summed E-state index contributed by atoms with van der Waals surface area (Å²) in [5, 5.41) is 10.5. The molecule has 0 saturated heterocycles. The minimum Gasteiger partial charge on any atom is -0.493 e. The van der Waals surface area contributed by atoms with Gasteiger partial charge in [0, 0.05) is 15.3 Å². The molecule has 0 radical (unpaired) electrons. The van der Waals surface area contributed by atoms with Crippen LogP contribution < -0.4 is 4.74 Å². The molecular weight excluding hydrogens is 244 g/mol. The van der Waals surface area contributed by atoms with Gasteiger partial charge >= 0.3 is 0 Å². The van der Waals surface area contributed by atoms with Crippen LogP contribution >= 0.6 is 11.3 Å². The van der Waals surface area contributed by atoms with Crippen LogP contribution in [0.3, 0.4) is 0 Å². The van der Waals surface area contributed by atoms with E-state index in [1.54, 1.807) is 11.3 Å². The quantitative estimate of drug-likeness (QED) is 0.907. The molecule has 18 heavy (non-hydrogen) atoms. The van der Waals surface area contributed by atoms with E-state index in [-0.39, 0.29) is 0 Å². The van der Waals surface area contributed by atoms with Crippen molar-refractivity contribution < 1.29 is 9.84 Å². The van der Waals surface area contributed by atoms with Gasteiger partial charge in [-0.3, -0.25) is 0 Å². The summed E-state index contributed by atoms with van der Waals surface area (Å²) < 4.78 is 5.56. The monoisotopic (exact) mass is 262 g/mol. The maximum Gasteiger partial charge on any atom is 0.125 e. The number of ether oxygens (including phenoxy) is 1. The molecule has 1 heterocycles. The van der Waals surface area contributed by atoms with Crippen molar-refractivity contribution in [1.29, 1.82) is 0 Å². The predicted molar refractivity (Wildman–Crippen MR) is 75.5 cm³/mol. The van der Waals surface area contributed by atoms with Crippen LogP contribution in [0.4, 0.5) is 0 Å². The Morgan fingerprint density at radius 2 is 2.00 bits per heavy atom. The minimum absolute atomic E-state index is 0.603. The maximum absolute atomic E-state index is 10.5. The SMILES string of the molecule is CCOc1ccccc1C(O)c1cc(C)c(C)s1. The molecule has 2 rings (SSSR count). The van der Waals surface area contributed by atoms with Crippen molar-refractivity contribution in [1.82, 2.24) is 0 Å². The van der Waals surface area contributed by atoms with Crippen LogP contribution in [0, 0.1) is 13.8 Å². The van der Waals surface area contributed by atoms with E-state index in [1.807, 2.05) is 37.3 Å². The van der Waals surface area contributed by atoms with E-state index in [0.29, 0.717) is 6.61 Å². The van der Waals surface area contributed by atoms with Crippen LogP contribution in [0.1, 0.15) is 33.9 Å². The molecule has 1 aromatic carbocycles. The van der Waals surface area contributed by atoms with Gasteiger partial charge in [0.1, 0.15) is 11.9 Å². The van der Waals surface area contributed by atoms with Crippen LogP contribution in [-0.2, 0) is 0 Å². The summed E-state index contributed by atoms with van der Waals surface area (Å²) >= 11 is 1.64. The first kappa shape index (κ1) is 13.1. The zero-order chi connectivity index (χ0) is 13.1. The van der Waals surface area contributed by atoms with E-state index in [0.717, 1.165) is 16.2 Å². The molecule has 2 nitrogen and oxygen atoms in total. The van der Waals surface area contributed by atoms with Gasteiger partial charge in [0.15, 0.2) is 0 Å². The molecule has 0 aliphatic carbocycles. The first-order valence-electron chi connectivity index (χ1n) is 6.10. The third kappa shape index (κ3) is 2.57. The zero-order valence-corrected chi connectivity index (χ0v) is 11.8. The van der Waals surface area contributed by atoms with Gasteiger partial charge in [-0.2, -0.15) is 0 Å². The minimum atomic E-state index is -0.606. The predicted octanol–water partition coefficient (Wildman–Crippen LogP) is 3.85. The Labute approximate surface area is 112 Å². The molecule has 1 unspecified atom stereocenters. The molecule has 0 fully saturated rings. The largest absolute Gasteiger partial charge is 0.493 e. The summed E-state index contributed by atoms with van der Waals surface area (Å²) in [5.41, 5.74) is 2.06. The normalized spacial score (nSPS) is 12.4. The summed E-state index contributed by atoms with van der Waals surface area (Å²) in [7, 11) is 0. The number of aliphatic hydroxyl groups excluding tert-OH is 1. The number of aryl methyl sites for hydroxylation is 2. The van der Waals surface area contributed by atoms with E-state index in [9.17, 15) is 5.11 Å². The highest BCUT2D eigenvalue weighted by Gasteiger charge is 2.17. The third-order valence-corrected chi connectivity index (χ3v) is 4.17. The first-order chi connectivity index (χ1) is 8.63. The highest BCUT2D eigenvalue weighted by Crippen LogP contribution is 2.34. The smallest absolute Gasteiger partial charge is 0.125 e. The molecule has 0 amide bonds. The molecule has 0 aliphatic heterocycles. The fourth-order valence-electron chi connectivity index (χ4n) is 1.88. The fraction of sp³-hybridized carbons (Fsp3) is 0.333. The second kappa shape index (κ2) is 5.55. The van der Waals surface area contributed by atoms with Crippen molar-refractivity contribution in [3.05, 3.63) is 51.2 Å². The van der Waals surface area contributed by atoms with Crippen LogP contribution in [0.5, 0.6) is 5.75 Å². The Morgan fingerprint density at radius 1 is 1.28 bits per heavy atom. The average molecular weight is 262 g/mol. The maximum atomic E-state index is 10.5. The highest BCUT2D eigenvalue weighted by atomic mass is 32.1. The summed E-state index contributed by atoms with van der Waals surface area (Å²) in [6, 6.07) is 9.71. The number of aliphatic hydroxyl groups is 1. The van der Waals surface area contributed by atoms with Gasteiger partial charge in [0.2, 0.25) is 0 Å². The second-order valence-corrected chi connectivity index (χ2v) is 5.55. The van der Waals surface area contributed by atoms with Gasteiger partial charge in [-0.05, 0) is 38.5 Å². The van der Waals surface area contributed by atoms with Crippen molar-refractivity contribution >= 4 is 11.3 Å². The molecule has 1 aromatic heterocycles. The van der Waals surface area contributed by atoms with Crippen LogP contribution in [-0.4, -0.2) is 11.7 Å². The third-order valence-electron chi connectivity index (χ3n) is 2.97. The lowest BCUT2D eigenvalue weighted by Gasteiger charge is -2.14. The lowest BCUT2D eigenvalue weighted by Crippen LogP contribution is -2.02. The first-order valence-corrected chi connectivity index (χ1v) is 6.91. The topological polar surface area (TPSA) is 29.5 Å². The summed E-state index contributed by atoms with van der Waals surface area (Å²) in [6.07, 6.45) is -0.606. The number of thiophene rings is 1. The Balaban J connectivity index is 2.36. The van der Waals surface area contributed by atoms with Gasteiger partial charge in [-0.25, -0.2) is 0 Å². The Bertz CT molecular complexity index is 512. The standard InChI is InChI=1S/C15H18O2S/c1-4-17-13-8-6-5-7-12(13)15(16)14-9-10(2)11(3)18-14/h5-9,15-16H,4H2,1-3H3. The molecule has 0 aliphatic rings. The van der Waals surface area contributed by atoms with E-state index >= 15 is 0 Å². The van der Waals surface area contributed by atoms with E-state index in [4.69, 9.17) is 4.74 Å². The number of hydrogen-bond acceptors (Lipinski definition) is 3. The molecule has 3 heteroatoms. The average Bonchev–Trinajstić information content (AvgIpc) is 2.70. The molecule has 1 N–H and O–H groups in total. The summed E-state index contributed by atoms with van der Waals surface area (Å²) in [5.74, 6) is 0.760. The highest BCUT2D eigenvalue weighted by molar-refractivity contribution is 7.12. The van der Waals surface area contributed by atoms with Crippen molar-refractivity contribution in [2.24, 2.45) is 0 Å². The van der Waals surface area contributed by atoms with Gasteiger partial charge in [0.05, 0.1) is 6.61 Å². The molecule has 2 aromatic rings. The zero-order valence-electron chi connectivity index (χ0n) is 10.9. The Morgan fingerprint density at radius 3 is 2.61 bits per heavy atom. The summed E-state index contributed by atoms with van der Waals surface area (Å²) in [4.78, 5) is 2.22. The fourth-order valence-corrected chi connectivity index (χ4v) is 2.93. The Hall–Kier alpha value is -1.32. The van der Waals surface area contributed by atoms with Gasteiger partial charge in [0.25, 0.3) is 0 Å². The van der Waals surface area contributed by atoms with E-state index in [2.05, 4.69) is 13.8 Å². The molecule has 96 valence electrons. The Kier molecular flexibility index (Phi) is 4.04. The van der Waals surface area contributed by atoms with Crippen molar-refractivity contribution in [2.45, 2.75) is 26.9 Å². The van der Waals surface area contributed by atoms with Crippen LogP contribution in [0.2, 0.25) is 0 Å². The van der Waals surface area contributed by atoms with Crippen molar-refractivity contribution in [3.8, 4) is 5.75 Å². The van der Waals surface area contributed by atoms with Gasteiger partial charge in [-0.1, -0.05) is 18.2 Å². The van der Waals surface area contributed by atoms with Crippen LogP contribution in [0.25, 0.3) is 0 Å². The second-order valence-electron chi connectivity index (χ2n) is 4.26. The number of para-hydroxylation sites is 1. The van der Waals surface area contributed by atoms with Crippen molar-refractivity contribution in [2.75, 3.05) is 6.61 Å². The van der Waals surface area contributed by atoms with Gasteiger partial charge < -0.3 is 9.84 Å². The lowest BCUT2D eigenvalue weighted by atomic mass is 10.1. The van der Waals surface area contributed by atoms with Gasteiger partial charge in [-0.15, -0.1) is 11.3 Å². The molecule has 0 saturated carbocycles. The number of rotatable bonds is 4. The molecular formula is C15H18O2S. The van der Waals surface area contributed by atoms with Crippen molar-refractivity contribution in [3.63, 3.8) is 0 Å². The summed E-state index contributed by atoms with van der Waals surface area (Å²) in [6.45, 7) is 6.69. The molecule has 0 bridgehead atoms. The van der Waals surface area contributed by atoms with E-state index in [1.165, 1.54) is 10.4 Å².